The van der Waals surface area contributed by atoms with Crippen LogP contribution in [0.1, 0.15) is 38.3 Å². The summed E-state index contributed by atoms with van der Waals surface area (Å²) in [6.07, 6.45) is 2.29. The fraction of sp³-hybridized carbons (Fsp3) is 0.850. The second-order valence-corrected chi connectivity index (χ2v) is 8.32. The van der Waals surface area contributed by atoms with Gasteiger partial charge in [0.15, 0.2) is 11.8 Å². The first-order chi connectivity index (χ1) is 14.0. The minimum absolute atomic E-state index is 0.459. The number of aliphatic imine (C=N–C) groups is 1. The maximum Gasteiger partial charge on any atom is 0.191 e. The van der Waals surface area contributed by atoms with Gasteiger partial charge < -0.3 is 24.8 Å². The number of aryl methyl sites for hydroxylation is 1. The van der Waals surface area contributed by atoms with Gasteiger partial charge in [-0.15, -0.1) is 10.2 Å². The number of rotatable bonds is 7. The summed E-state index contributed by atoms with van der Waals surface area (Å²) >= 11 is 0. The van der Waals surface area contributed by atoms with Gasteiger partial charge in [0.05, 0.1) is 13.2 Å². The van der Waals surface area contributed by atoms with E-state index in [1.54, 1.807) is 0 Å². The van der Waals surface area contributed by atoms with Crippen molar-refractivity contribution in [1.82, 2.24) is 35.2 Å². The average Bonchev–Trinajstić information content (AvgIpc) is 3.05. The lowest BCUT2D eigenvalue weighted by Gasteiger charge is -2.35. The minimum Gasteiger partial charge on any atom is -0.379 e. The third-order valence-corrected chi connectivity index (χ3v) is 5.99. The first kappa shape index (κ1) is 22.0. The highest BCUT2D eigenvalue weighted by molar-refractivity contribution is 5.80. The van der Waals surface area contributed by atoms with Crippen LogP contribution in [0.4, 0.5) is 0 Å². The first-order valence-electron chi connectivity index (χ1n) is 11.0. The molecule has 0 bridgehead atoms. The lowest BCUT2D eigenvalue weighted by Crippen LogP contribution is -2.51. The van der Waals surface area contributed by atoms with Crippen molar-refractivity contribution in [3.63, 3.8) is 0 Å². The van der Waals surface area contributed by atoms with Crippen LogP contribution in [-0.4, -0.2) is 95.1 Å². The molecule has 0 unspecified atom stereocenters. The molecule has 2 fully saturated rings. The fourth-order valence-corrected chi connectivity index (χ4v) is 3.80. The van der Waals surface area contributed by atoms with Crippen molar-refractivity contribution in [2.24, 2.45) is 12.0 Å². The molecule has 3 heterocycles. The van der Waals surface area contributed by atoms with Crippen molar-refractivity contribution >= 4 is 5.96 Å². The first-order valence-corrected chi connectivity index (χ1v) is 11.0. The van der Waals surface area contributed by atoms with Crippen molar-refractivity contribution in [2.75, 3.05) is 52.5 Å². The zero-order valence-corrected chi connectivity index (χ0v) is 18.5. The predicted octanol–water partition coefficient (Wildman–Crippen LogP) is 0.364. The number of nitrogens with zero attached hydrogens (tertiary/aromatic N) is 6. The molecule has 29 heavy (non-hydrogen) atoms. The van der Waals surface area contributed by atoms with E-state index in [1.807, 2.05) is 18.5 Å². The van der Waals surface area contributed by atoms with Gasteiger partial charge in [0.1, 0.15) is 12.4 Å². The number of ether oxygens (including phenoxy) is 1. The lowest BCUT2D eigenvalue weighted by atomic mass is 10.0. The van der Waals surface area contributed by atoms with Gasteiger partial charge >= 0.3 is 0 Å². The SMILES string of the molecule is Cc1nnc(CN=C(NCCN2CCOCC2)NC2CCN(C(C)C)CC2)n1C. The van der Waals surface area contributed by atoms with E-state index in [1.165, 1.54) is 0 Å². The van der Waals surface area contributed by atoms with Crippen LogP contribution in [0.2, 0.25) is 0 Å². The Balaban J connectivity index is 1.54. The number of piperidine rings is 1. The van der Waals surface area contributed by atoms with E-state index in [9.17, 15) is 0 Å². The summed E-state index contributed by atoms with van der Waals surface area (Å²) in [4.78, 5) is 9.79. The van der Waals surface area contributed by atoms with Crippen LogP contribution in [-0.2, 0) is 18.3 Å². The van der Waals surface area contributed by atoms with E-state index in [2.05, 4.69) is 44.5 Å². The monoisotopic (exact) mass is 406 g/mol. The van der Waals surface area contributed by atoms with E-state index in [-0.39, 0.29) is 0 Å². The van der Waals surface area contributed by atoms with Crippen LogP contribution in [0.5, 0.6) is 0 Å². The standard InChI is InChI=1S/C20H38N8O/c1-16(2)28-8-5-18(6-9-28)23-20(21-7-10-27-11-13-29-14-12-27)22-15-19-25-24-17(3)26(19)4/h16,18H,5-15H2,1-4H3,(H2,21,22,23). The Bertz CT molecular complexity index is 645. The highest BCUT2D eigenvalue weighted by atomic mass is 16.5. The van der Waals surface area contributed by atoms with Crippen molar-refractivity contribution in [1.29, 1.82) is 0 Å². The van der Waals surface area contributed by atoms with E-state index >= 15 is 0 Å². The molecule has 2 saturated heterocycles. The second-order valence-electron chi connectivity index (χ2n) is 8.32. The maximum atomic E-state index is 5.44. The largest absolute Gasteiger partial charge is 0.379 e. The van der Waals surface area contributed by atoms with Crippen molar-refractivity contribution in [2.45, 2.75) is 52.2 Å². The summed E-state index contributed by atoms with van der Waals surface area (Å²) in [6, 6.07) is 1.08. The smallest absolute Gasteiger partial charge is 0.191 e. The Labute approximate surface area is 174 Å². The third kappa shape index (κ3) is 6.65. The summed E-state index contributed by atoms with van der Waals surface area (Å²) in [5.74, 6) is 2.67. The molecule has 0 aromatic carbocycles. The van der Waals surface area contributed by atoms with Crippen LogP contribution >= 0.6 is 0 Å². The van der Waals surface area contributed by atoms with Gasteiger partial charge in [-0.3, -0.25) is 4.90 Å². The van der Waals surface area contributed by atoms with E-state index in [0.717, 1.165) is 82.9 Å². The molecule has 0 aliphatic carbocycles. The predicted molar refractivity (Wildman–Crippen MR) is 115 cm³/mol. The molecule has 0 radical (unpaired) electrons. The minimum atomic E-state index is 0.459. The summed E-state index contributed by atoms with van der Waals surface area (Å²) in [5, 5.41) is 15.6. The Morgan fingerprint density at radius 3 is 2.52 bits per heavy atom. The second kappa shape index (κ2) is 10.9. The van der Waals surface area contributed by atoms with Crippen LogP contribution in [0, 0.1) is 6.92 Å². The van der Waals surface area contributed by atoms with Gasteiger partial charge in [0, 0.05) is 58.4 Å². The number of likely N-dealkylation sites (tertiary alicyclic amines) is 1. The van der Waals surface area contributed by atoms with E-state index in [0.29, 0.717) is 18.6 Å². The molecule has 2 aliphatic heterocycles. The van der Waals surface area contributed by atoms with Crippen molar-refractivity contribution < 1.29 is 4.74 Å². The maximum absolute atomic E-state index is 5.44. The number of nitrogens with one attached hydrogen (secondary N) is 2. The molecule has 0 spiro atoms. The van der Waals surface area contributed by atoms with E-state index < -0.39 is 0 Å². The molecule has 3 rings (SSSR count). The highest BCUT2D eigenvalue weighted by Crippen LogP contribution is 2.13. The molecular weight excluding hydrogens is 368 g/mol. The Kier molecular flexibility index (Phi) is 8.26. The molecule has 0 atom stereocenters. The Morgan fingerprint density at radius 2 is 1.90 bits per heavy atom. The van der Waals surface area contributed by atoms with Crippen LogP contribution < -0.4 is 10.6 Å². The molecule has 1 aromatic rings. The van der Waals surface area contributed by atoms with Gasteiger partial charge in [-0.05, 0) is 33.6 Å². The molecule has 9 heteroatoms. The van der Waals surface area contributed by atoms with Crippen LogP contribution in [0.3, 0.4) is 0 Å². The highest BCUT2D eigenvalue weighted by Gasteiger charge is 2.21. The molecule has 9 nitrogen and oxygen atoms in total. The molecule has 0 amide bonds. The zero-order valence-electron chi connectivity index (χ0n) is 18.5. The molecule has 164 valence electrons. The van der Waals surface area contributed by atoms with Gasteiger partial charge in [-0.25, -0.2) is 4.99 Å². The van der Waals surface area contributed by atoms with Gasteiger partial charge in [0.25, 0.3) is 0 Å². The molecule has 2 aliphatic rings. The third-order valence-electron chi connectivity index (χ3n) is 5.99. The Morgan fingerprint density at radius 1 is 1.17 bits per heavy atom. The lowest BCUT2D eigenvalue weighted by molar-refractivity contribution is 0.0389. The van der Waals surface area contributed by atoms with Crippen LogP contribution in [0.15, 0.2) is 4.99 Å². The molecule has 0 saturated carbocycles. The quantitative estimate of drug-likeness (QED) is 0.500. The number of morpholine rings is 1. The van der Waals surface area contributed by atoms with Gasteiger partial charge in [0.2, 0.25) is 0 Å². The number of hydrogen-bond acceptors (Lipinski definition) is 6. The van der Waals surface area contributed by atoms with E-state index in [4.69, 9.17) is 9.73 Å². The normalized spacial score (nSPS) is 20.4. The summed E-state index contributed by atoms with van der Waals surface area (Å²) < 4.78 is 7.43. The molecule has 1 aromatic heterocycles. The number of aromatic nitrogens is 3. The van der Waals surface area contributed by atoms with Crippen molar-refractivity contribution in [3.8, 4) is 0 Å². The fourth-order valence-electron chi connectivity index (χ4n) is 3.80. The Hall–Kier alpha value is -1.71. The average molecular weight is 407 g/mol. The zero-order chi connectivity index (χ0) is 20.6. The van der Waals surface area contributed by atoms with Crippen molar-refractivity contribution in [3.05, 3.63) is 11.6 Å². The van der Waals surface area contributed by atoms with Gasteiger partial charge in [-0.2, -0.15) is 0 Å². The van der Waals surface area contributed by atoms with Crippen LogP contribution in [0.25, 0.3) is 0 Å². The summed E-state index contributed by atoms with van der Waals surface area (Å²) in [5.41, 5.74) is 0. The summed E-state index contributed by atoms with van der Waals surface area (Å²) in [7, 11) is 1.99. The number of guanidine groups is 1. The molecular formula is C20H38N8O. The molecule has 2 N–H and O–H groups in total. The topological polar surface area (TPSA) is 82.8 Å². The number of hydrogen-bond donors (Lipinski definition) is 2. The van der Waals surface area contributed by atoms with Gasteiger partial charge in [-0.1, -0.05) is 0 Å². The summed E-state index contributed by atoms with van der Waals surface area (Å²) in [6.45, 7) is 14.9.